The van der Waals surface area contributed by atoms with Crippen molar-refractivity contribution in [2.75, 3.05) is 4.90 Å². The highest BCUT2D eigenvalue weighted by atomic mass is 16.2. The Morgan fingerprint density at radius 2 is 1.80 bits per heavy atom. The SMILES string of the molecule is Cc1n[nH]c(C)c1N1C(=O)CCCC1=O. The molecule has 0 aliphatic carbocycles. The molecule has 80 valence electrons. The number of aryl methyl sites for hydroxylation is 2. The Balaban J connectivity index is 2.44. The van der Waals surface area contributed by atoms with Gasteiger partial charge in [0.05, 0.1) is 17.1 Å². The molecule has 1 fully saturated rings. The third kappa shape index (κ3) is 1.54. The van der Waals surface area contributed by atoms with Crippen LogP contribution in [0.15, 0.2) is 0 Å². The number of carbonyl (C=O) groups excluding carboxylic acids is 2. The third-order valence-electron chi connectivity index (χ3n) is 2.59. The number of carbonyl (C=O) groups is 2. The summed E-state index contributed by atoms with van der Waals surface area (Å²) in [5.41, 5.74) is 2.08. The Labute approximate surface area is 87.5 Å². The number of nitrogens with one attached hydrogen (secondary N) is 1. The molecule has 0 spiro atoms. The molecule has 1 aliphatic heterocycles. The van der Waals surface area contributed by atoms with Gasteiger partial charge >= 0.3 is 0 Å². The Hall–Kier alpha value is -1.65. The minimum atomic E-state index is -0.126. The van der Waals surface area contributed by atoms with Crippen molar-refractivity contribution in [2.24, 2.45) is 0 Å². The van der Waals surface area contributed by atoms with Gasteiger partial charge in [0.2, 0.25) is 11.8 Å². The zero-order valence-corrected chi connectivity index (χ0v) is 8.83. The zero-order valence-electron chi connectivity index (χ0n) is 8.83. The molecule has 1 saturated heterocycles. The van der Waals surface area contributed by atoms with Crippen molar-refractivity contribution in [3.63, 3.8) is 0 Å². The van der Waals surface area contributed by atoms with Gasteiger partial charge in [-0.3, -0.25) is 14.7 Å². The summed E-state index contributed by atoms with van der Waals surface area (Å²) in [5, 5.41) is 6.77. The maximum atomic E-state index is 11.7. The summed E-state index contributed by atoms with van der Waals surface area (Å²) in [6.07, 6.45) is 1.54. The number of anilines is 1. The van der Waals surface area contributed by atoms with Gasteiger partial charge in [-0.25, -0.2) is 4.90 Å². The molecule has 1 aromatic rings. The first-order valence-electron chi connectivity index (χ1n) is 4.98. The molecule has 2 amide bonds. The monoisotopic (exact) mass is 207 g/mol. The molecular weight excluding hydrogens is 194 g/mol. The number of aromatic nitrogens is 2. The van der Waals surface area contributed by atoms with Gasteiger partial charge in [0.25, 0.3) is 0 Å². The van der Waals surface area contributed by atoms with Crippen molar-refractivity contribution in [2.45, 2.75) is 33.1 Å². The summed E-state index contributed by atoms with van der Waals surface area (Å²) in [4.78, 5) is 24.6. The van der Waals surface area contributed by atoms with Crippen LogP contribution in [-0.4, -0.2) is 22.0 Å². The van der Waals surface area contributed by atoms with Crippen LogP contribution in [0.3, 0.4) is 0 Å². The Bertz CT molecular complexity index is 387. The summed E-state index contributed by atoms with van der Waals surface area (Å²) in [7, 11) is 0. The number of rotatable bonds is 1. The van der Waals surface area contributed by atoms with Gasteiger partial charge in [0, 0.05) is 12.8 Å². The maximum Gasteiger partial charge on any atom is 0.233 e. The predicted molar refractivity (Wildman–Crippen MR) is 54.4 cm³/mol. The van der Waals surface area contributed by atoms with Crippen LogP contribution in [0.4, 0.5) is 5.69 Å². The van der Waals surface area contributed by atoms with Crippen molar-refractivity contribution in [1.82, 2.24) is 10.2 Å². The molecule has 0 radical (unpaired) electrons. The lowest BCUT2D eigenvalue weighted by molar-refractivity contribution is -0.129. The molecule has 0 unspecified atom stereocenters. The molecule has 0 bridgehead atoms. The average Bonchev–Trinajstić information content (AvgIpc) is 2.49. The second-order valence-corrected chi connectivity index (χ2v) is 3.76. The second kappa shape index (κ2) is 3.49. The highest BCUT2D eigenvalue weighted by Gasteiger charge is 2.30. The number of H-pyrrole nitrogens is 1. The summed E-state index contributed by atoms with van der Waals surface area (Å²) in [5.74, 6) is -0.252. The van der Waals surface area contributed by atoms with Gasteiger partial charge in [-0.15, -0.1) is 0 Å². The molecule has 0 saturated carbocycles. The van der Waals surface area contributed by atoms with E-state index in [1.807, 2.05) is 6.92 Å². The van der Waals surface area contributed by atoms with Crippen LogP contribution in [0.25, 0.3) is 0 Å². The Morgan fingerprint density at radius 3 is 2.27 bits per heavy atom. The fourth-order valence-electron chi connectivity index (χ4n) is 1.88. The van der Waals surface area contributed by atoms with Crippen LogP contribution >= 0.6 is 0 Å². The van der Waals surface area contributed by atoms with E-state index in [1.165, 1.54) is 4.90 Å². The zero-order chi connectivity index (χ0) is 11.0. The van der Waals surface area contributed by atoms with Crippen LogP contribution in [0, 0.1) is 13.8 Å². The van der Waals surface area contributed by atoms with Crippen LogP contribution in [-0.2, 0) is 9.59 Å². The standard InChI is InChI=1S/C10H13N3O2/c1-6-10(7(2)12-11-6)13-8(14)4-3-5-9(13)15/h3-5H2,1-2H3,(H,11,12). The van der Waals surface area contributed by atoms with E-state index in [2.05, 4.69) is 10.2 Å². The van der Waals surface area contributed by atoms with E-state index < -0.39 is 0 Å². The number of aromatic amines is 1. The average molecular weight is 207 g/mol. The Morgan fingerprint density at radius 1 is 1.20 bits per heavy atom. The molecule has 5 nitrogen and oxygen atoms in total. The number of piperidine rings is 1. The second-order valence-electron chi connectivity index (χ2n) is 3.76. The van der Waals surface area contributed by atoms with E-state index in [0.717, 1.165) is 5.69 Å². The third-order valence-corrected chi connectivity index (χ3v) is 2.59. The van der Waals surface area contributed by atoms with Crippen molar-refractivity contribution in [3.8, 4) is 0 Å². The first-order valence-corrected chi connectivity index (χ1v) is 4.98. The number of hydrogen-bond donors (Lipinski definition) is 1. The largest absolute Gasteiger partial charge is 0.280 e. The van der Waals surface area contributed by atoms with E-state index >= 15 is 0 Å². The van der Waals surface area contributed by atoms with Crippen LogP contribution in [0.1, 0.15) is 30.7 Å². The van der Waals surface area contributed by atoms with E-state index in [-0.39, 0.29) is 11.8 Å². The first-order chi connectivity index (χ1) is 7.11. The molecule has 1 aliphatic rings. The van der Waals surface area contributed by atoms with Crippen molar-refractivity contribution < 1.29 is 9.59 Å². The van der Waals surface area contributed by atoms with Crippen LogP contribution < -0.4 is 4.90 Å². The fourth-order valence-corrected chi connectivity index (χ4v) is 1.88. The van der Waals surface area contributed by atoms with Gasteiger partial charge in [0.1, 0.15) is 0 Å². The number of hydrogen-bond acceptors (Lipinski definition) is 3. The van der Waals surface area contributed by atoms with E-state index in [0.29, 0.717) is 30.6 Å². The van der Waals surface area contributed by atoms with Crippen LogP contribution in [0.5, 0.6) is 0 Å². The van der Waals surface area contributed by atoms with Crippen molar-refractivity contribution >= 4 is 17.5 Å². The normalized spacial score (nSPS) is 17.3. The molecule has 2 heterocycles. The van der Waals surface area contributed by atoms with Gasteiger partial charge in [-0.2, -0.15) is 5.10 Å². The maximum absolute atomic E-state index is 11.7. The van der Waals surface area contributed by atoms with Crippen molar-refractivity contribution in [3.05, 3.63) is 11.4 Å². The highest BCUT2D eigenvalue weighted by molar-refractivity contribution is 6.16. The molecule has 0 aromatic carbocycles. The highest BCUT2D eigenvalue weighted by Crippen LogP contribution is 2.26. The summed E-state index contributed by atoms with van der Waals surface area (Å²) < 4.78 is 0. The minimum Gasteiger partial charge on any atom is -0.280 e. The Kier molecular flexibility index (Phi) is 2.30. The number of amides is 2. The molecule has 5 heteroatoms. The van der Waals surface area contributed by atoms with E-state index in [4.69, 9.17) is 0 Å². The smallest absolute Gasteiger partial charge is 0.233 e. The summed E-state index contributed by atoms with van der Waals surface area (Å²) >= 11 is 0. The molecule has 1 N–H and O–H groups in total. The van der Waals surface area contributed by atoms with Gasteiger partial charge in [-0.1, -0.05) is 0 Å². The summed E-state index contributed by atoms with van der Waals surface area (Å²) in [6.45, 7) is 3.60. The lowest BCUT2D eigenvalue weighted by Gasteiger charge is -2.24. The lowest BCUT2D eigenvalue weighted by Crippen LogP contribution is -2.40. The summed E-state index contributed by atoms with van der Waals surface area (Å²) in [6, 6.07) is 0. The fraction of sp³-hybridized carbons (Fsp3) is 0.500. The van der Waals surface area contributed by atoms with Gasteiger partial charge in [-0.05, 0) is 20.3 Å². The van der Waals surface area contributed by atoms with Crippen molar-refractivity contribution in [1.29, 1.82) is 0 Å². The quantitative estimate of drug-likeness (QED) is 0.700. The van der Waals surface area contributed by atoms with E-state index in [9.17, 15) is 9.59 Å². The number of imide groups is 1. The molecule has 15 heavy (non-hydrogen) atoms. The number of nitrogens with zero attached hydrogens (tertiary/aromatic N) is 2. The molecule has 0 atom stereocenters. The van der Waals surface area contributed by atoms with Crippen LogP contribution in [0.2, 0.25) is 0 Å². The minimum absolute atomic E-state index is 0.126. The molecular formula is C10H13N3O2. The molecule has 2 rings (SSSR count). The molecule has 1 aromatic heterocycles. The topological polar surface area (TPSA) is 66.1 Å². The van der Waals surface area contributed by atoms with E-state index in [1.54, 1.807) is 6.92 Å². The lowest BCUT2D eigenvalue weighted by atomic mass is 10.1. The van der Waals surface area contributed by atoms with Gasteiger partial charge in [0.15, 0.2) is 0 Å². The predicted octanol–water partition coefficient (Wildman–Crippen LogP) is 1.07. The first kappa shape index (κ1) is 9.89. The van der Waals surface area contributed by atoms with Gasteiger partial charge < -0.3 is 0 Å².